The molecule has 0 radical (unpaired) electrons. The molecule has 0 amide bonds. The van der Waals surface area contributed by atoms with Gasteiger partial charge in [-0.15, -0.1) is 0 Å². The quantitative estimate of drug-likeness (QED) is 0.553. The second-order valence-corrected chi connectivity index (χ2v) is 6.19. The number of hydrogen-bond donors (Lipinski definition) is 1. The lowest BCUT2D eigenvalue weighted by atomic mass is 10.0. The lowest BCUT2D eigenvalue weighted by Crippen LogP contribution is -2.28. The first-order valence-electron chi connectivity index (χ1n) is 8.51. The van der Waals surface area contributed by atoms with Crippen LogP contribution in [0, 0.1) is 5.82 Å². The fourth-order valence-corrected chi connectivity index (χ4v) is 2.62. The van der Waals surface area contributed by atoms with Gasteiger partial charge in [-0.3, -0.25) is 4.98 Å². The molecular formula is C18H31FN2. The average molecular weight is 294 g/mol. The number of rotatable bonds is 11. The maximum Gasteiger partial charge on any atom is 0.141 e. The van der Waals surface area contributed by atoms with E-state index in [9.17, 15) is 4.39 Å². The third-order valence-corrected chi connectivity index (χ3v) is 3.74. The van der Waals surface area contributed by atoms with Crippen molar-refractivity contribution in [2.75, 3.05) is 0 Å². The summed E-state index contributed by atoms with van der Waals surface area (Å²) in [5.41, 5.74) is 0.955. The van der Waals surface area contributed by atoms with Crippen LogP contribution < -0.4 is 5.32 Å². The van der Waals surface area contributed by atoms with Gasteiger partial charge in [0.1, 0.15) is 5.82 Å². The summed E-state index contributed by atoms with van der Waals surface area (Å²) in [4.78, 5) is 4.23. The monoisotopic (exact) mass is 294 g/mol. The minimum atomic E-state index is -0.266. The Labute approximate surface area is 129 Å². The molecule has 0 aliphatic rings. The smallest absolute Gasteiger partial charge is 0.141 e. The van der Waals surface area contributed by atoms with E-state index in [0.29, 0.717) is 6.04 Å². The molecule has 3 heteroatoms. The third kappa shape index (κ3) is 8.15. The number of pyridine rings is 1. The lowest BCUT2D eigenvalue weighted by molar-refractivity contribution is 0.422. The Bertz CT molecular complexity index is 362. The zero-order valence-corrected chi connectivity index (χ0v) is 13.9. The summed E-state index contributed by atoms with van der Waals surface area (Å²) >= 11 is 0. The van der Waals surface area contributed by atoms with Crippen LogP contribution in [0.4, 0.5) is 4.39 Å². The van der Waals surface area contributed by atoms with E-state index < -0.39 is 0 Å². The molecule has 1 aromatic rings. The minimum Gasteiger partial charge on any atom is -0.306 e. The van der Waals surface area contributed by atoms with Gasteiger partial charge in [-0.1, -0.05) is 65.7 Å². The summed E-state index contributed by atoms with van der Waals surface area (Å²) in [6.45, 7) is 6.53. The van der Waals surface area contributed by atoms with E-state index in [-0.39, 0.29) is 11.9 Å². The van der Waals surface area contributed by atoms with Crippen molar-refractivity contribution >= 4 is 0 Å². The molecule has 1 aromatic heterocycles. The molecule has 0 saturated carbocycles. The lowest BCUT2D eigenvalue weighted by Gasteiger charge is -2.21. The summed E-state index contributed by atoms with van der Waals surface area (Å²) in [5, 5.41) is 3.54. The van der Waals surface area contributed by atoms with Gasteiger partial charge in [-0.05, 0) is 18.6 Å². The molecule has 1 rings (SSSR count). The standard InChI is InChI=1S/C18H31FN2/c1-4-5-6-7-8-9-10-11-18(21-15(2)3)17-13-12-16(19)14-20-17/h12-15,18,21H,4-11H2,1-3H3. The van der Waals surface area contributed by atoms with Crippen LogP contribution in [-0.2, 0) is 0 Å². The fraction of sp³-hybridized carbons (Fsp3) is 0.722. The van der Waals surface area contributed by atoms with E-state index in [1.54, 1.807) is 6.07 Å². The molecule has 1 heterocycles. The van der Waals surface area contributed by atoms with Crippen LogP contribution in [0.2, 0.25) is 0 Å². The molecular weight excluding hydrogens is 263 g/mol. The molecule has 1 atom stereocenters. The van der Waals surface area contributed by atoms with E-state index in [1.165, 1.54) is 57.2 Å². The van der Waals surface area contributed by atoms with E-state index in [4.69, 9.17) is 0 Å². The van der Waals surface area contributed by atoms with Crippen LogP contribution in [-0.4, -0.2) is 11.0 Å². The molecule has 2 nitrogen and oxygen atoms in total. The summed E-state index contributed by atoms with van der Waals surface area (Å²) in [6.07, 6.45) is 11.6. The Morgan fingerprint density at radius 3 is 2.29 bits per heavy atom. The van der Waals surface area contributed by atoms with Gasteiger partial charge >= 0.3 is 0 Å². The van der Waals surface area contributed by atoms with Gasteiger partial charge in [0.25, 0.3) is 0 Å². The Balaban J connectivity index is 2.35. The molecule has 0 spiro atoms. The maximum absolute atomic E-state index is 13.0. The van der Waals surface area contributed by atoms with Crippen molar-refractivity contribution < 1.29 is 4.39 Å². The molecule has 1 unspecified atom stereocenters. The fourth-order valence-electron chi connectivity index (χ4n) is 2.62. The largest absolute Gasteiger partial charge is 0.306 e. The van der Waals surface area contributed by atoms with Crippen molar-refractivity contribution in [1.29, 1.82) is 0 Å². The highest BCUT2D eigenvalue weighted by Gasteiger charge is 2.13. The van der Waals surface area contributed by atoms with Gasteiger partial charge in [-0.2, -0.15) is 0 Å². The normalized spacial score (nSPS) is 12.8. The highest BCUT2D eigenvalue weighted by molar-refractivity contribution is 5.10. The number of halogens is 1. The van der Waals surface area contributed by atoms with Crippen LogP contribution in [0.3, 0.4) is 0 Å². The predicted molar refractivity (Wildman–Crippen MR) is 87.8 cm³/mol. The summed E-state index contributed by atoms with van der Waals surface area (Å²) in [5.74, 6) is -0.266. The second kappa shape index (κ2) is 10.7. The molecule has 0 bridgehead atoms. The van der Waals surface area contributed by atoms with Gasteiger partial charge in [0, 0.05) is 12.1 Å². The van der Waals surface area contributed by atoms with E-state index >= 15 is 0 Å². The zero-order valence-electron chi connectivity index (χ0n) is 13.9. The van der Waals surface area contributed by atoms with Gasteiger partial charge in [0.2, 0.25) is 0 Å². The maximum atomic E-state index is 13.0. The number of unbranched alkanes of at least 4 members (excludes halogenated alkanes) is 6. The van der Waals surface area contributed by atoms with Gasteiger partial charge in [0.05, 0.1) is 11.9 Å². The first-order valence-corrected chi connectivity index (χ1v) is 8.51. The molecule has 21 heavy (non-hydrogen) atoms. The van der Waals surface area contributed by atoms with Crippen molar-refractivity contribution in [3.63, 3.8) is 0 Å². The first-order chi connectivity index (χ1) is 10.1. The van der Waals surface area contributed by atoms with Crippen molar-refractivity contribution in [3.8, 4) is 0 Å². The Morgan fingerprint density at radius 1 is 1.05 bits per heavy atom. The Kier molecular flexibility index (Phi) is 9.24. The molecule has 0 fully saturated rings. The Morgan fingerprint density at radius 2 is 1.71 bits per heavy atom. The van der Waals surface area contributed by atoms with Crippen LogP contribution in [0.25, 0.3) is 0 Å². The van der Waals surface area contributed by atoms with Gasteiger partial charge in [0.15, 0.2) is 0 Å². The summed E-state index contributed by atoms with van der Waals surface area (Å²) in [6, 6.07) is 3.95. The van der Waals surface area contributed by atoms with Crippen molar-refractivity contribution in [3.05, 3.63) is 29.8 Å². The summed E-state index contributed by atoms with van der Waals surface area (Å²) in [7, 11) is 0. The summed E-state index contributed by atoms with van der Waals surface area (Å²) < 4.78 is 13.0. The van der Waals surface area contributed by atoms with Crippen LogP contribution >= 0.6 is 0 Å². The molecule has 0 aromatic carbocycles. The predicted octanol–water partition coefficient (Wildman–Crippen LogP) is 5.40. The molecule has 0 saturated heterocycles. The topological polar surface area (TPSA) is 24.9 Å². The number of aromatic nitrogens is 1. The molecule has 0 aliphatic heterocycles. The van der Waals surface area contributed by atoms with Crippen molar-refractivity contribution in [2.24, 2.45) is 0 Å². The van der Waals surface area contributed by atoms with Crippen molar-refractivity contribution in [1.82, 2.24) is 10.3 Å². The number of hydrogen-bond acceptors (Lipinski definition) is 2. The number of nitrogens with zero attached hydrogens (tertiary/aromatic N) is 1. The third-order valence-electron chi connectivity index (χ3n) is 3.74. The van der Waals surface area contributed by atoms with Gasteiger partial charge in [-0.25, -0.2) is 4.39 Å². The Hall–Kier alpha value is -0.960. The van der Waals surface area contributed by atoms with E-state index in [0.717, 1.165) is 12.1 Å². The van der Waals surface area contributed by atoms with Crippen LogP contribution in [0.5, 0.6) is 0 Å². The van der Waals surface area contributed by atoms with E-state index in [1.807, 2.05) is 0 Å². The molecule has 120 valence electrons. The van der Waals surface area contributed by atoms with Crippen LogP contribution in [0.1, 0.15) is 83.9 Å². The SMILES string of the molecule is CCCCCCCCCC(NC(C)C)c1ccc(F)cn1. The van der Waals surface area contributed by atoms with Gasteiger partial charge < -0.3 is 5.32 Å². The minimum absolute atomic E-state index is 0.237. The zero-order chi connectivity index (χ0) is 15.5. The highest BCUT2D eigenvalue weighted by Crippen LogP contribution is 2.20. The first kappa shape index (κ1) is 18.1. The molecule has 0 aliphatic carbocycles. The number of nitrogens with one attached hydrogen (secondary N) is 1. The average Bonchev–Trinajstić information content (AvgIpc) is 2.45. The van der Waals surface area contributed by atoms with Crippen LogP contribution in [0.15, 0.2) is 18.3 Å². The van der Waals surface area contributed by atoms with E-state index in [2.05, 4.69) is 31.1 Å². The van der Waals surface area contributed by atoms with Crippen molar-refractivity contribution in [2.45, 2.75) is 84.2 Å². The molecule has 1 N–H and O–H groups in total. The second-order valence-electron chi connectivity index (χ2n) is 6.19. The highest BCUT2D eigenvalue weighted by atomic mass is 19.1.